The van der Waals surface area contributed by atoms with E-state index in [0.717, 1.165) is 47.6 Å². The zero-order chi connectivity index (χ0) is 18.7. The average Bonchev–Trinajstić information content (AvgIpc) is 3.05. The maximum Gasteiger partial charge on any atom is 0.310 e. The van der Waals surface area contributed by atoms with Crippen LogP contribution in [0.2, 0.25) is 0 Å². The fourth-order valence-corrected chi connectivity index (χ4v) is 3.73. The third-order valence-electron chi connectivity index (χ3n) is 5.05. The maximum atomic E-state index is 12.4. The normalized spacial score (nSPS) is 16.8. The third-order valence-corrected chi connectivity index (χ3v) is 5.05. The Balaban J connectivity index is 1.59. The molecule has 1 saturated heterocycles. The van der Waals surface area contributed by atoms with Crippen LogP contribution in [0.15, 0.2) is 24.3 Å². The monoisotopic (exact) mass is 353 g/mol. The van der Waals surface area contributed by atoms with Crippen molar-refractivity contribution in [2.24, 2.45) is 0 Å². The fourth-order valence-electron chi connectivity index (χ4n) is 3.73. The lowest BCUT2D eigenvalue weighted by atomic mass is 9.97. The third kappa shape index (κ3) is 4.21. The molecule has 2 heterocycles. The summed E-state index contributed by atoms with van der Waals surface area (Å²) in [6, 6.07) is 8.36. The van der Waals surface area contributed by atoms with Crippen LogP contribution in [0.5, 0.6) is 0 Å². The second kappa shape index (κ2) is 7.85. The summed E-state index contributed by atoms with van der Waals surface area (Å²) in [4.78, 5) is 14.6. The molecule has 1 aromatic heterocycles. The van der Waals surface area contributed by atoms with Gasteiger partial charge in [-0.3, -0.25) is 4.79 Å². The quantitative estimate of drug-likeness (QED) is 0.771. The zero-order valence-corrected chi connectivity index (χ0v) is 16.1. The molecule has 1 aromatic carbocycles. The van der Waals surface area contributed by atoms with E-state index in [9.17, 15) is 4.79 Å². The molecule has 2 aromatic rings. The van der Waals surface area contributed by atoms with Crippen LogP contribution in [-0.4, -0.2) is 35.4 Å². The van der Waals surface area contributed by atoms with Crippen molar-refractivity contribution < 1.29 is 9.53 Å². The van der Waals surface area contributed by atoms with Gasteiger partial charge in [-0.25, -0.2) is 0 Å². The van der Waals surface area contributed by atoms with Gasteiger partial charge in [-0.2, -0.15) is 5.10 Å². The number of rotatable bonds is 5. The highest BCUT2D eigenvalue weighted by atomic mass is 16.5. The number of carbonyl (C=O) groups is 1. The van der Waals surface area contributed by atoms with Crippen LogP contribution in [-0.2, 0) is 16.0 Å². The first-order valence-corrected chi connectivity index (χ1v) is 9.23. The van der Waals surface area contributed by atoms with E-state index in [1.807, 2.05) is 19.1 Å². The van der Waals surface area contributed by atoms with Gasteiger partial charge in [0.1, 0.15) is 6.61 Å². The first-order valence-electron chi connectivity index (χ1n) is 9.23. The summed E-state index contributed by atoms with van der Waals surface area (Å²) in [6.45, 7) is 9.43. The standard InChI is InChI=1S/C21H27N3O2/c1-14-10-15(2)19(16(3)11-14)12-21(25)26-13-18-6-5-9-24(18)20-8-7-17(4)22-23-20/h7-8,10-11,18H,5-6,9,12-13H2,1-4H3/t18-/m0/s1. The summed E-state index contributed by atoms with van der Waals surface area (Å²) < 4.78 is 5.62. The minimum Gasteiger partial charge on any atom is -0.463 e. The van der Waals surface area contributed by atoms with Crippen LogP contribution in [0.25, 0.3) is 0 Å². The Labute approximate surface area is 155 Å². The molecule has 0 bridgehead atoms. The lowest BCUT2D eigenvalue weighted by molar-refractivity contribution is -0.143. The molecule has 5 heteroatoms. The summed E-state index contributed by atoms with van der Waals surface area (Å²) in [5.74, 6) is 0.696. The topological polar surface area (TPSA) is 55.3 Å². The second-order valence-corrected chi connectivity index (χ2v) is 7.26. The Bertz CT molecular complexity index is 763. The highest BCUT2D eigenvalue weighted by molar-refractivity contribution is 5.73. The predicted molar refractivity (Wildman–Crippen MR) is 102 cm³/mol. The van der Waals surface area contributed by atoms with Crippen molar-refractivity contribution in [1.82, 2.24) is 10.2 Å². The van der Waals surface area contributed by atoms with Crippen LogP contribution < -0.4 is 4.90 Å². The summed E-state index contributed by atoms with van der Waals surface area (Å²) in [7, 11) is 0. The zero-order valence-electron chi connectivity index (χ0n) is 16.1. The van der Waals surface area contributed by atoms with Gasteiger partial charge in [0.15, 0.2) is 5.82 Å². The molecule has 0 aliphatic carbocycles. The van der Waals surface area contributed by atoms with E-state index in [-0.39, 0.29) is 12.0 Å². The van der Waals surface area contributed by atoms with Crippen molar-refractivity contribution in [3.63, 3.8) is 0 Å². The molecule has 0 radical (unpaired) electrons. The summed E-state index contributed by atoms with van der Waals surface area (Å²) >= 11 is 0. The van der Waals surface area contributed by atoms with Gasteiger partial charge < -0.3 is 9.64 Å². The van der Waals surface area contributed by atoms with Crippen molar-refractivity contribution in [2.75, 3.05) is 18.1 Å². The molecule has 26 heavy (non-hydrogen) atoms. The molecule has 138 valence electrons. The van der Waals surface area contributed by atoms with Crippen molar-refractivity contribution in [2.45, 2.75) is 53.0 Å². The van der Waals surface area contributed by atoms with Gasteiger partial charge in [0.25, 0.3) is 0 Å². The maximum absolute atomic E-state index is 12.4. The largest absolute Gasteiger partial charge is 0.463 e. The van der Waals surface area contributed by atoms with Gasteiger partial charge in [0, 0.05) is 6.54 Å². The van der Waals surface area contributed by atoms with Crippen LogP contribution in [0.4, 0.5) is 5.82 Å². The average molecular weight is 353 g/mol. The molecule has 0 N–H and O–H groups in total. The van der Waals surface area contributed by atoms with E-state index in [1.54, 1.807) is 0 Å². The molecule has 1 aliphatic rings. The molecule has 3 rings (SSSR count). The summed E-state index contributed by atoms with van der Waals surface area (Å²) in [5.41, 5.74) is 5.50. The number of ether oxygens (including phenoxy) is 1. The van der Waals surface area contributed by atoms with Crippen LogP contribution in [0, 0.1) is 27.7 Å². The lowest BCUT2D eigenvalue weighted by Crippen LogP contribution is -2.35. The van der Waals surface area contributed by atoms with E-state index in [0.29, 0.717) is 13.0 Å². The molecule has 1 atom stereocenters. The van der Waals surface area contributed by atoms with Crippen LogP contribution >= 0.6 is 0 Å². The molecule has 0 spiro atoms. The second-order valence-electron chi connectivity index (χ2n) is 7.26. The number of hydrogen-bond acceptors (Lipinski definition) is 5. The smallest absolute Gasteiger partial charge is 0.310 e. The first kappa shape index (κ1) is 18.4. The Morgan fingerprint density at radius 1 is 1.15 bits per heavy atom. The number of aromatic nitrogens is 2. The van der Waals surface area contributed by atoms with Gasteiger partial charge in [0.05, 0.1) is 18.2 Å². The minimum absolute atomic E-state index is 0.165. The molecular weight excluding hydrogens is 326 g/mol. The van der Waals surface area contributed by atoms with Gasteiger partial charge >= 0.3 is 5.97 Å². The van der Waals surface area contributed by atoms with Crippen molar-refractivity contribution >= 4 is 11.8 Å². The van der Waals surface area contributed by atoms with Gasteiger partial charge in [-0.05, 0) is 69.4 Å². The van der Waals surface area contributed by atoms with Gasteiger partial charge in [-0.1, -0.05) is 17.7 Å². The molecule has 0 unspecified atom stereocenters. The van der Waals surface area contributed by atoms with E-state index in [1.165, 1.54) is 5.56 Å². The van der Waals surface area contributed by atoms with Crippen LogP contribution in [0.3, 0.4) is 0 Å². The highest BCUT2D eigenvalue weighted by Gasteiger charge is 2.27. The number of carbonyl (C=O) groups excluding carboxylic acids is 1. The predicted octanol–water partition coefficient (Wildman–Crippen LogP) is 3.46. The summed E-state index contributed by atoms with van der Waals surface area (Å²) in [6.07, 6.45) is 2.41. The molecule has 0 saturated carbocycles. The highest BCUT2D eigenvalue weighted by Crippen LogP contribution is 2.24. The van der Waals surface area contributed by atoms with E-state index >= 15 is 0 Å². The number of aryl methyl sites for hydroxylation is 4. The lowest BCUT2D eigenvalue weighted by Gasteiger charge is -2.25. The number of anilines is 1. The Hall–Kier alpha value is -2.43. The van der Waals surface area contributed by atoms with E-state index < -0.39 is 0 Å². The van der Waals surface area contributed by atoms with Crippen molar-refractivity contribution in [3.05, 3.63) is 52.2 Å². The Morgan fingerprint density at radius 3 is 2.54 bits per heavy atom. The molecular formula is C21H27N3O2. The molecule has 0 amide bonds. The minimum atomic E-state index is -0.165. The van der Waals surface area contributed by atoms with Gasteiger partial charge in [0.2, 0.25) is 0 Å². The van der Waals surface area contributed by atoms with Gasteiger partial charge in [-0.15, -0.1) is 5.10 Å². The molecule has 5 nitrogen and oxygen atoms in total. The van der Waals surface area contributed by atoms with E-state index in [2.05, 4.69) is 48.0 Å². The van der Waals surface area contributed by atoms with Crippen molar-refractivity contribution in [3.8, 4) is 0 Å². The number of nitrogens with zero attached hydrogens (tertiary/aromatic N) is 3. The molecule has 1 fully saturated rings. The number of esters is 1. The van der Waals surface area contributed by atoms with Crippen molar-refractivity contribution in [1.29, 1.82) is 0 Å². The number of hydrogen-bond donors (Lipinski definition) is 0. The fraction of sp³-hybridized carbons (Fsp3) is 0.476. The van der Waals surface area contributed by atoms with Crippen LogP contribution in [0.1, 0.15) is 40.8 Å². The SMILES string of the molecule is Cc1cc(C)c(CC(=O)OC[C@@H]2CCCN2c2ccc(C)nn2)c(C)c1. The Kier molecular flexibility index (Phi) is 5.55. The first-order chi connectivity index (χ1) is 12.4. The van der Waals surface area contributed by atoms with E-state index in [4.69, 9.17) is 4.74 Å². The molecule has 1 aliphatic heterocycles. The summed E-state index contributed by atoms with van der Waals surface area (Å²) in [5, 5.41) is 8.41. The Morgan fingerprint density at radius 2 is 1.88 bits per heavy atom. The number of benzene rings is 1.